The quantitative estimate of drug-likeness (QED) is 0.434. The number of anilines is 1. The number of rotatable bonds is 8. The predicted molar refractivity (Wildman–Crippen MR) is 115 cm³/mol. The number of hydrogen-bond donors (Lipinski definition) is 1. The fraction of sp³-hybridized carbons (Fsp3) is 0.300. The molecule has 2 heterocycles. The van der Waals surface area contributed by atoms with Crippen molar-refractivity contribution in [2.24, 2.45) is 7.05 Å². The lowest BCUT2D eigenvalue weighted by atomic mass is 10.1. The first-order valence-corrected chi connectivity index (χ1v) is 10.9. The Morgan fingerprint density at radius 2 is 2.00 bits per heavy atom. The molecule has 0 fully saturated rings. The zero-order valence-corrected chi connectivity index (χ0v) is 18.1. The Bertz CT molecular complexity index is 999. The third-order valence-electron chi connectivity index (χ3n) is 4.25. The summed E-state index contributed by atoms with van der Waals surface area (Å²) < 4.78 is 6.70. The average Bonchev–Trinajstić information content (AvgIpc) is 3.30. The lowest BCUT2D eigenvalue weighted by molar-refractivity contribution is -0.113. The summed E-state index contributed by atoms with van der Waals surface area (Å²) >= 11 is 2.69. The van der Waals surface area contributed by atoms with E-state index in [0.29, 0.717) is 22.1 Å². The number of aryl methyl sites for hydroxylation is 1. The van der Waals surface area contributed by atoms with E-state index in [2.05, 4.69) is 15.5 Å². The van der Waals surface area contributed by atoms with Crippen LogP contribution in [0.3, 0.4) is 0 Å². The van der Waals surface area contributed by atoms with Crippen molar-refractivity contribution in [3.63, 3.8) is 0 Å². The first kappa shape index (κ1) is 21.1. The Hall–Kier alpha value is -2.65. The number of methoxy groups -OCH3 is 1. The molecular formula is C20H22N4O3S2. The van der Waals surface area contributed by atoms with Gasteiger partial charge in [0.15, 0.2) is 5.16 Å². The molecular weight excluding hydrogens is 408 g/mol. The van der Waals surface area contributed by atoms with Crippen LogP contribution in [0.15, 0.2) is 41.6 Å². The molecule has 3 rings (SSSR count). The number of thioether (sulfide) groups is 1. The van der Waals surface area contributed by atoms with Crippen LogP contribution in [0, 0.1) is 0 Å². The van der Waals surface area contributed by atoms with Gasteiger partial charge in [0.1, 0.15) is 10.8 Å². The van der Waals surface area contributed by atoms with E-state index in [4.69, 9.17) is 4.74 Å². The highest BCUT2D eigenvalue weighted by Crippen LogP contribution is 2.29. The van der Waals surface area contributed by atoms with E-state index >= 15 is 0 Å². The minimum absolute atomic E-state index is 0.164. The van der Waals surface area contributed by atoms with E-state index in [1.807, 2.05) is 48.9 Å². The molecule has 29 heavy (non-hydrogen) atoms. The van der Waals surface area contributed by atoms with Crippen LogP contribution in [-0.2, 0) is 29.4 Å². The van der Waals surface area contributed by atoms with Gasteiger partial charge in [-0.05, 0) is 18.1 Å². The van der Waals surface area contributed by atoms with Crippen LogP contribution in [0.5, 0.6) is 0 Å². The van der Waals surface area contributed by atoms with Crippen molar-refractivity contribution in [2.45, 2.75) is 24.9 Å². The van der Waals surface area contributed by atoms with Gasteiger partial charge in [0, 0.05) is 18.3 Å². The SMILES string of the molecule is CCc1cc(C(=O)OC)c(NC(=O)CSc2nnc(Cc3ccccc3)n2C)s1. The summed E-state index contributed by atoms with van der Waals surface area (Å²) in [5.41, 5.74) is 1.54. The van der Waals surface area contributed by atoms with E-state index in [-0.39, 0.29) is 11.7 Å². The number of benzene rings is 1. The van der Waals surface area contributed by atoms with Crippen LogP contribution in [0.25, 0.3) is 0 Å². The van der Waals surface area contributed by atoms with Crippen LogP contribution < -0.4 is 5.32 Å². The number of aromatic nitrogens is 3. The summed E-state index contributed by atoms with van der Waals surface area (Å²) in [7, 11) is 3.22. The molecule has 1 N–H and O–H groups in total. The number of thiophene rings is 1. The Kier molecular flexibility index (Phi) is 7.05. The van der Waals surface area contributed by atoms with Gasteiger partial charge in [-0.15, -0.1) is 21.5 Å². The Balaban J connectivity index is 1.62. The van der Waals surface area contributed by atoms with E-state index in [1.165, 1.54) is 30.2 Å². The summed E-state index contributed by atoms with van der Waals surface area (Å²) in [6.07, 6.45) is 1.46. The molecule has 0 radical (unpaired) electrons. The molecule has 0 atom stereocenters. The maximum Gasteiger partial charge on any atom is 0.340 e. The number of hydrogen-bond acceptors (Lipinski definition) is 7. The first-order chi connectivity index (χ1) is 14.0. The molecule has 0 unspecified atom stereocenters. The second-order valence-electron chi connectivity index (χ2n) is 6.26. The minimum Gasteiger partial charge on any atom is -0.465 e. The molecule has 0 aliphatic heterocycles. The third-order valence-corrected chi connectivity index (χ3v) is 6.47. The van der Waals surface area contributed by atoms with Gasteiger partial charge in [0.2, 0.25) is 5.91 Å². The van der Waals surface area contributed by atoms with Gasteiger partial charge in [-0.1, -0.05) is 49.0 Å². The van der Waals surface area contributed by atoms with Crippen molar-refractivity contribution in [3.05, 3.63) is 58.2 Å². The topological polar surface area (TPSA) is 86.1 Å². The lowest BCUT2D eigenvalue weighted by Crippen LogP contribution is -2.16. The van der Waals surface area contributed by atoms with Gasteiger partial charge >= 0.3 is 5.97 Å². The first-order valence-electron chi connectivity index (χ1n) is 9.07. The van der Waals surface area contributed by atoms with Crippen LogP contribution in [-0.4, -0.2) is 39.5 Å². The molecule has 0 saturated heterocycles. The van der Waals surface area contributed by atoms with Crippen molar-refractivity contribution in [1.29, 1.82) is 0 Å². The lowest BCUT2D eigenvalue weighted by Gasteiger charge is -2.06. The van der Waals surface area contributed by atoms with Crippen molar-refractivity contribution in [3.8, 4) is 0 Å². The number of esters is 1. The highest BCUT2D eigenvalue weighted by atomic mass is 32.2. The zero-order valence-electron chi connectivity index (χ0n) is 16.5. The number of carbonyl (C=O) groups excluding carboxylic acids is 2. The largest absolute Gasteiger partial charge is 0.465 e. The van der Waals surface area contributed by atoms with Crippen LogP contribution in [0.4, 0.5) is 5.00 Å². The number of carbonyl (C=O) groups is 2. The van der Waals surface area contributed by atoms with E-state index in [1.54, 1.807) is 6.07 Å². The predicted octanol–water partition coefficient (Wildman–Crippen LogP) is 3.55. The maximum atomic E-state index is 12.4. The smallest absolute Gasteiger partial charge is 0.340 e. The van der Waals surface area contributed by atoms with Crippen molar-refractivity contribution >= 4 is 40.0 Å². The second-order valence-corrected chi connectivity index (χ2v) is 8.34. The van der Waals surface area contributed by atoms with Crippen molar-refractivity contribution in [2.75, 3.05) is 18.2 Å². The highest BCUT2D eigenvalue weighted by molar-refractivity contribution is 7.99. The van der Waals surface area contributed by atoms with Crippen LogP contribution in [0.2, 0.25) is 0 Å². The molecule has 0 aliphatic rings. The average molecular weight is 431 g/mol. The van der Waals surface area contributed by atoms with Gasteiger partial charge in [0.05, 0.1) is 18.4 Å². The molecule has 3 aromatic rings. The molecule has 0 saturated carbocycles. The minimum atomic E-state index is -0.456. The summed E-state index contributed by atoms with van der Waals surface area (Å²) in [5, 5.41) is 12.4. The van der Waals surface area contributed by atoms with Gasteiger partial charge in [-0.2, -0.15) is 0 Å². The number of ether oxygens (including phenoxy) is 1. The van der Waals surface area contributed by atoms with Crippen LogP contribution >= 0.6 is 23.1 Å². The fourth-order valence-corrected chi connectivity index (χ4v) is 4.40. The number of nitrogens with one attached hydrogen (secondary N) is 1. The normalized spacial score (nSPS) is 10.7. The molecule has 2 aromatic heterocycles. The van der Waals surface area contributed by atoms with Crippen LogP contribution in [0.1, 0.15) is 33.5 Å². The monoisotopic (exact) mass is 430 g/mol. The molecule has 0 aliphatic carbocycles. The Morgan fingerprint density at radius 1 is 1.24 bits per heavy atom. The molecule has 0 bridgehead atoms. The van der Waals surface area contributed by atoms with Crippen molar-refractivity contribution in [1.82, 2.24) is 14.8 Å². The summed E-state index contributed by atoms with van der Waals surface area (Å²) in [6, 6.07) is 11.8. The number of amides is 1. The van der Waals surface area contributed by atoms with E-state index in [0.717, 1.165) is 22.7 Å². The molecule has 9 heteroatoms. The number of nitrogens with zero attached hydrogens (tertiary/aromatic N) is 3. The summed E-state index contributed by atoms with van der Waals surface area (Å²) in [4.78, 5) is 25.4. The summed E-state index contributed by atoms with van der Waals surface area (Å²) in [5.74, 6) is 0.329. The highest BCUT2D eigenvalue weighted by Gasteiger charge is 2.19. The van der Waals surface area contributed by atoms with E-state index in [9.17, 15) is 9.59 Å². The second kappa shape index (κ2) is 9.71. The van der Waals surface area contributed by atoms with Crippen molar-refractivity contribution < 1.29 is 14.3 Å². The van der Waals surface area contributed by atoms with Gasteiger partial charge < -0.3 is 14.6 Å². The third kappa shape index (κ3) is 5.24. The molecule has 1 amide bonds. The molecule has 7 nitrogen and oxygen atoms in total. The maximum absolute atomic E-state index is 12.4. The Labute approximate surface area is 177 Å². The molecule has 152 valence electrons. The van der Waals surface area contributed by atoms with Gasteiger partial charge in [0.25, 0.3) is 0 Å². The zero-order chi connectivity index (χ0) is 20.8. The van der Waals surface area contributed by atoms with Gasteiger partial charge in [-0.25, -0.2) is 4.79 Å². The molecule has 0 spiro atoms. The van der Waals surface area contributed by atoms with E-state index < -0.39 is 5.97 Å². The Morgan fingerprint density at radius 3 is 2.69 bits per heavy atom. The fourth-order valence-electron chi connectivity index (χ4n) is 2.67. The summed E-state index contributed by atoms with van der Waals surface area (Å²) in [6.45, 7) is 2.00. The standard InChI is InChI=1S/C20H22N4O3S2/c1-4-14-11-15(19(26)27-3)18(29-14)21-17(25)12-28-20-23-22-16(24(20)2)10-13-8-6-5-7-9-13/h5-9,11H,4,10,12H2,1-3H3,(H,21,25). The van der Waals surface area contributed by atoms with Gasteiger partial charge in [-0.3, -0.25) is 4.79 Å². The molecule has 1 aromatic carbocycles.